The molecule has 0 fully saturated rings. The number of nitrogens with zero attached hydrogens (tertiary/aromatic N) is 2. The molecule has 1 aromatic carbocycles. The van der Waals surface area contributed by atoms with Crippen LogP contribution in [0.1, 0.15) is 11.3 Å². The van der Waals surface area contributed by atoms with Gasteiger partial charge in [-0.1, -0.05) is 17.7 Å². The summed E-state index contributed by atoms with van der Waals surface area (Å²) in [6.07, 6.45) is 0. The highest BCUT2D eigenvalue weighted by Gasteiger charge is 2.19. The van der Waals surface area contributed by atoms with Gasteiger partial charge >= 0.3 is 10.1 Å². The van der Waals surface area contributed by atoms with Gasteiger partial charge < -0.3 is 4.18 Å². The van der Waals surface area contributed by atoms with Crippen LogP contribution in [0.2, 0.25) is 0 Å². The van der Waals surface area contributed by atoms with Gasteiger partial charge in [0.1, 0.15) is 10.6 Å². The number of rotatable bonds is 4. The smallest absolute Gasteiger partial charge is 0.340 e. The number of nitro groups is 1. The molecule has 0 atom stereocenters. The van der Waals surface area contributed by atoms with Crippen molar-refractivity contribution in [3.05, 3.63) is 57.8 Å². The molecule has 8 heteroatoms. The molecule has 7 nitrogen and oxygen atoms in total. The van der Waals surface area contributed by atoms with Crippen molar-refractivity contribution in [3.8, 4) is 5.88 Å². The van der Waals surface area contributed by atoms with E-state index in [2.05, 4.69) is 4.98 Å². The van der Waals surface area contributed by atoms with Crippen molar-refractivity contribution in [2.24, 2.45) is 0 Å². The van der Waals surface area contributed by atoms with Gasteiger partial charge in [0.25, 0.3) is 5.69 Å². The average molecular weight is 308 g/mol. The van der Waals surface area contributed by atoms with Gasteiger partial charge in [-0.05, 0) is 26.0 Å². The Morgan fingerprint density at radius 3 is 2.24 bits per heavy atom. The molecule has 0 aliphatic heterocycles. The molecule has 2 rings (SSSR count). The van der Waals surface area contributed by atoms with Gasteiger partial charge in [-0.2, -0.15) is 8.42 Å². The summed E-state index contributed by atoms with van der Waals surface area (Å²) < 4.78 is 29.0. The Morgan fingerprint density at radius 2 is 1.71 bits per heavy atom. The minimum Gasteiger partial charge on any atom is -0.358 e. The number of hydrogen-bond acceptors (Lipinski definition) is 6. The van der Waals surface area contributed by atoms with Crippen LogP contribution < -0.4 is 4.18 Å². The van der Waals surface area contributed by atoms with Gasteiger partial charge in [-0.3, -0.25) is 10.1 Å². The summed E-state index contributed by atoms with van der Waals surface area (Å²) >= 11 is 0. The van der Waals surface area contributed by atoms with Crippen LogP contribution in [0.15, 0.2) is 41.3 Å². The van der Waals surface area contributed by atoms with E-state index in [1.807, 2.05) is 6.92 Å². The van der Waals surface area contributed by atoms with Crippen LogP contribution in [0, 0.1) is 24.0 Å². The molecule has 0 amide bonds. The highest BCUT2D eigenvalue weighted by molar-refractivity contribution is 7.87. The first kappa shape index (κ1) is 14.9. The van der Waals surface area contributed by atoms with Crippen LogP contribution in [-0.2, 0) is 10.1 Å². The standard InChI is InChI=1S/C13H12N2O5S/c1-9-3-5-11(6-4-9)21(18,19)20-13-8-7-12(15(16)17)10(2)14-13/h3-8H,1-2H3. The van der Waals surface area contributed by atoms with Crippen LogP contribution in [0.4, 0.5) is 5.69 Å². The topological polar surface area (TPSA) is 99.4 Å². The SMILES string of the molecule is Cc1ccc(S(=O)(=O)Oc2ccc([N+](=O)[O-])c(C)n2)cc1. The zero-order chi connectivity index (χ0) is 15.6. The third-order valence-electron chi connectivity index (χ3n) is 2.73. The van der Waals surface area contributed by atoms with E-state index in [-0.39, 0.29) is 22.2 Å². The molecule has 2 aromatic rings. The number of hydrogen-bond donors (Lipinski definition) is 0. The summed E-state index contributed by atoms with van der Waals surface area (Å²) in [5.74, 6) is -0.210. The molecule has 21 heavy (non-hydrogen) atoms. The number of pyridine rings is 1. The average Bonchev–Trinajstić information content (AvgIpc) is 2.38. The Bertz CT molecular complexity index is 785. The summed E-state index contributed by atoms with van der Waals surface area (Å²) in [4.78, 5) is 13.9. The molecule has 0 radical (unpaired) electrons. The molecular weight excluding hydrogens is 296 g/mol. The first-order valence-corrected chi connectivity index (χ1v) is 7.33. The van der Waals surface area contributed by atoms with Crippen molar-refractivity contribution >= 4 is 15.8 Å². The maximum atomic E-state index is 12.0. The number of aromatic nitrogens is 1. The van der Waals surface area contributed by atoms with E-state index in [0.717, 1.165) is 17.7 Å². The zero-order valence-electron chi connectivity index (χ0n) is 11.3. The molecule has 0 aliphatic carbocycles. The van der Waals surface area contributed by atoms with Gasteiger partial charge in [-0.15, -0.1) is 0 Å². The van der Waals surface area contributed by atoms with E-state index in [1.54, 1.807) is 12.1 Å². The largest absolute Gasteiger partial charge is 0.358 e. The Balaban J connectivity index is 2.31. The third kappa shape index (κ3) is 3.34. The lowest BCUT2D eigenvalue weighted by Crippen LogP contribution is -2.11. The molecule has 0 saturated heterocycles. The summed E-state index contributed by atoms with van der Waals surface area (Å²) in [5.41, 5.74) is 0.796. The highest BCUT2D eigenvalue weighted by atomic mass is 32.2. The molecule has 0 aliphatic rings. The Hall–Kier alpha value is -2.48. The van der Waals surface area contributed by atoms with Crippen LogP contribution in [-0.4, -0.2) is 18.3 Å². The van der Waals surface area contributed by atoms with Crippen LogP contribution >= 0.6 is 0 Å². The van der Waals surface area contributed by atoms with E-state index in [0.29, 0.717) is 0 Å². The molecule has 0 bridgehead atoms. The molecule has 0 unspecified atom stereocenters. The Morgan fingerprint density at radius 1 is 1.10 bits per heavy atom. The summed E-state index contributed by atoms with van der Waals surface area (Å²) in [6.45, 7) is 3.24. The van der Waals surface area contributed by atoms with Crippen molar-refractivity contribution in [1.82, 2.24) is 4.98 Å². The normalized spacial score (nSPS) is 11.1. The van der Waals surface area contributed by atoms with E-state index < -0.39 is 15.0 Å². The second kappa shape index (κ2) is 5.49. The quantitative estimate of drug-likeness (QED) is 0.488. The van der Waals surface area contributed by atoms with Crippen molar-refractivity contribution in [1.29, 1.82) is 0 Å². The monoisotopic (exact) mass is 308 g/mol. The molecule has 1 aromatic heterocycles. The highest BCUT2D eigenvalue weighted by Crippen LogP contribution is 2.22. The van der Waals surface area contributed by atoms with Crippen LogP contribution in [0.25, 0.3) is 0 Å². The fourth-order valence-electron chi connectivity index (χ4n) is 1.64. The van der Waals surface area contributed by atoms with Crippen LogP contribution in [0.5, 0.6) is 5.88 Å². The fourth-order valence-corrected chi connectivity index (χ4v) is 2.52. The first-order valence-electron chi connectivity index (χ1n) is 5.93. The zero-order valence-corrected chi connectivity index (χ0v) is 12.1. The van der Waals surface area contributed by atoms with Crippen molar-refractivity contribution in [2.75, 3.05) is 0 Å². The van der Waals surface area contributed by atoms with E-state index >= 15 is 0 Å². The minimum atomic E-state index is -4.01. The third-order valence-corrected chi connectivity index (χ3v) is 3.97. The van der Waals surface area contributed by atoms with E-state index in [1.165, 1.54) is 19.1 Å². The summed E-state index contributed by atoms with van der Waals surface area (Å²) in [6, 6.07) is 8.43. The maximum Gasteiger partial charge on any atom is 0.340 e. The lowest BCUT2D eigenvalue weighted by molar-refractivity contribution is -0.385. The number of aryl methyl sites for hydroxylation is 2. The van der Waals surface area contributed by atoms with Gasteiger partial charge in [0, 0.05) is 12.1 Å². The lowest BCUT2D eigenvalue weighted by Gasteiger charge is -2.07. The predicted octanol–water partition coefficient (Wildman–Crippen LogP) is 2.37. The van der Waals surface area contributed by atoms with Gasteiger partial charge in [0.05, 0.1) is 4.92 Å². The van der Waals surface area contributed by atoms with Crippen molar-refractivity contribution < 1.29 is 17.5 Å². The summed E-state index contributed by atoms with van der Waals surface area (Å²) in [7, 11) is -4.01. The first-order chi connectivity index (χ1) is 9.79. The van der Waals surface area contributed by atoms with Crippen molar-refractivity contribution in [2.45, 2.75) is 18.7 Å². The Labute approximate surface area is 121 Å². The molecular formula is C13H12N2O5S. The van der Waals surface area contributed by atoms with E-state index in [9.17, 15) is 18.5 Å². The maximum absolute atomic E-state index is 12.0. The van der Waals surface area contributed by atoms with Crippen molar-refractivity contribution in [3.63, 3.8) is 0 Å². The lowest BCUT2D eigenvalue weighted by atomic mass is 10.2. The molecule has 1 heterocycles. The number of benzene rings is 1. The van der Waals surface area contributed by atoms with Gasteiger partial charge in [0.2, 0.25) is 5.88 Å². The minimum absolute atomic E-state index is 0.00842. The molecule has 0 spiro atoms. The second-order valence-corrected chi connectivity index (χ2v) is 5.91. The molecule has 110 valence electrons. The van der Waals surface area contributed by atoms with E-state index in [4.69, 9.17) is 4.18 Å². The Kier molecular flexibility index (Phi) is 3.90. The molecule has 0 N–H and O–H groups in total. The van der Waals surface area contributed by atoms with Gasteiger partial charge in [-0.25, -0.2) is 4.98 Å². The summed E-state index contributed by atoms with van der Waals surface area (Å²) in [5, 5.41) is 10.7. The predicted molar refractivity (Wildman–Crippen MR) is 74.6 cm³/mol. The van der Waals surface area contributed by atoms with Crippen LogP contribution in [0.3, 0.4) is 0 Å². The molecule has 0 saturated carbocycles. The second-order valence-electron chi connectivity index (χ2n) is 4.36. The van der Waals surface area contributed by atoms with Gasteiger partial charge in [0.15, 0.2) is 0 Å². The fraction of sp³-hybridized carbons (Fsp3) is 0.154.